The predicted molar refractivity (Wildman–Crippen MR) is 144 cm³/mol. The standard InChI is InChI=1S/C30H31F3N4O3/c1-17(2)29(27(38)39)12-11-19(16-29)26-36-23(24-25(34)35-13-14-37(24)26)18-7-9-20(10-8-18)28(3,40)21-5-4-6-22(15-21)30(31,32)33/h4-10,13-15,17,19,40H,11-12,16H2,1-3H3,(H2,34,35)(H,38,39)/t19-,28-,29-/m0/s1. The van der Waals surface area contributed by atoms with E-state index in [9.17, 15) is 28.2 Å². The number of benzene rings is 2. The summed E-state index contributed by atoms with van der Waals surface area (Å²) in [5.74, 6) is 0.0493. The molecule has 1 aliphatic rings. The molecule has 10 heteroatoms. The van der Waals surface area contributed by atoms with E-state index >= 15 is 0 Å². The molecule has 2 heterocycles. The minimum atomic E-state index is -4.53. The van der Waals surface area contributed by atoms with Crippen molar-refractivity contribution in [2.24, 2.45) is 11.3 Å². The van der Waals surface area contributed by atoms with E-state index in [4.69, 9.17) is 10.7 Å². The molecular formula is C30H31F3N4O3. The average molecular weight is 553 g/mol. The summed E-state index contributed by atoms with van der Waals surface area (Å²) < 4.78 is 41.6. The van der Waals surface area contributed by atoms with Gasteiger partial charge in [0.25, 0.3) is 0 Å². The number of hydrogen-bond acceptors (Lipinski definition) is 5. The van der Waals surface area contributed by atoms with E-state index in [1.807, 2.05) is 18.2 Å². The maximum Gasteiger partial charge on any atom is 0.416 e. The van der Waals surface area contributed by atoms with Crippen molar-refractivity contribution in [3.05, 3.63) is 83.4 Å². The van der Waals surface area contributed by atoms with Gasteiger partial charge in [-0.25, -0.2) is 9.97 Å². The third kappa shape index (κ3) is 4.50. The van der Waals surface area contributed by atoms with Crippen molar-refractivity contribution in [1.82, 2.24) is 14.4 Å². The van der Waals surface area contributed by atoms with Crippen molar-refractivity contribution in [3.8, 4) is 11.3 Å². The molecule has 1 saturated carbocycles. The van der Waals surface area contributed by atoms with Crippen LogP contribution in [0, 0.1) is 11.3 Å². The summed E-state index contributed by atoms with van der Waals surface area (Å²) in [6.45, 7) is 5.32. The summed E-state index contributed by atoms with van der Waals surface area (Å²) in [7, 11) is 0. The molecule has 210 valence electrons. The second kappa shape index (κ2) is 9.62. The number of imidazole rings is 1. The number of aliphatic hydroxyl groups is 1. The molecule has 1 fully saturated rings. The second-order valence-electron chi connectivity index (χ2n) is 11.1. The monoisotopic (exact) mass is 552 g/mol. The number of anilines is 1. The zero-order valence-corrected chi connectivity index (χ0v) is 22.4. The highest BCUT2D eigenvalue weighted by Gasteiger charge is 2.49. The van der Waals surface area contributed by atoms with Gasteiger partial charge in [-0.05, 0) is 55.4 Å². The molecular weight excluding hydrogens is 521 g/mol. The van der Waals surface area contributed by atoms with E-state index in [-0.39, 0.29) is 23.2 Å². The number of fused-ring (bicyclic) bond motifs is 1. The fourth-order valence-electron chi connectivity index (χ4n) is 5.96. The van der Waals surface area contributed by atoms with Crippen LogP contribution in [-0.2, 0) is 16.6 Å². The summed E-state index contributed by atoms with van der Waals surface area (Å²) in [4.78, 5) is 21.4. The lowest BCUT2D eigenvalue weighted by atomic mass is 9.75. The van der Waals surface area contributed by atoms with Crippen LogP contribution in [0.25, 0.3) is 16.8 Å². The van der Waals surface area contributed by atoms with Crippen molar-refractivity contribution in [1.29, 1.82) is 0 Å². The Morgan fingerprint density at radius 2 is 1.80 bits per heavy atom. The predicted octanol–water partition coefficient (Wildman–Crippen LogP) is 6.25. The van der Waals surface area contributed by atoms with Crippen molar-refractivity contribution in [2.75, 3.05) is 5.73 Å². The SMILES string of the molecule is CC(C)[C@]1(C(=O)O)CC[C@H](c2nc(-c3ccc([C@](C)(O)c4cccc(C(F)(F)F)c4)cc3)c3c(N)nccn23)C1. The summed E-state index contributed by atoms with van der Waals surface area (Å²) >= 11 is 0. The Morgan fingerprint density at radius 1 is 1.12 bits per heavy atom. The van der Waals surface area contributed by atoms with E-state index in [1.54, 1.807) is 36.7 Å². The van der Waals surface area contributed by atoms with E-state index in [0.717, 1.165) is 12.1 Å². The fourth-order valence-corrected chi connectivity index (χ4v) is 5.96. The molecule has 4 N–H and O–H groups in total. The van der Waals surface area contributed by atoms with Gasteiger partial charge >= 0.3 is 12.1 Å². The number of rotatable bonds is 6. The van der Waals surface area contributed by atoms with Gasteiger partial charge < -0.3 is 15.9 Å². The molecule has 0 unspecified atom stereocenters. The molecule has 7 nitrogen and oxygen atoms in total. The van der Waals surface area contributed by atoms with E-state index in [2.05, 4.69) is 4.98 Å². The van der Waals surface area contributed by atoms with E-state index in [0.29, 0.717) is 47.4 Å². The second-order valence-corrected chi connectivity index (χ2v) is 11.1. The maximum absolute atomic E-state index is 13.3. The smallest absolute Gasteiger partial charge is 0.416 e. The van der Waals surface area contributed by atoms with Crippen molar-refractivity contribution in [3.63, 3.8) is 0 Å². The summed E-state index contributed by atoms with van der Waals surface area (Å²) in [6, 6.07) is 11.4. The molecule has 3 atom stereocenters. The number of nitrogens with two attached hydrogens (primary N) is 1. The first-order valence-electron chi connectivity index (χ1n) is 13.1. The zero-order chi connectivity index (χ0) is 29.0. The number of aliphatic carboxylic acids is 1. The number of nitrogens with zero attached hydrogens (tertiary/aromatic N) is 3. The summed E-state index contributed by atoms with van der Waals surface area (Å²) in [5.41, 5.74) is 5.29. The number of hydrogen-bond donors (Lipinski definition) is 3. The van der Waals surface area contributed by atoms with Crippen molar-refractivity contribution >= 4 is 17.3 Å². The number of carbonyl (C=O) groups is 1. The number of nitrogen functional groups attached to an aromatic ring is 1. The van der Waals surface area contributed by atoms with Gasteiger partial charge in [0.05, 0.1) is 11.0 Å². The Morgan fingerprint density at radius 3 is 2.40 bits per heavy atom. The quantitative estimate of drug-likeness (QED) is 0.261. The Balaban J connectivity index is 1.53. The van der Waals surface area contributed by atoms with Crippen LogP contribution in [0.1, 0.15) is 68.5 Å². The molecule has 0 saturated heterocycles. The maximum atomic E-state index is 13.3. The minimum Gasteiger partial charge on any atom is -0.481 e. The highest BCUT2D eigenvalue weighted by molar-refractivity contribution is 5.85. The van der Waals surface area contributed by atoms with Crippen LogP contribution in [0.2, 0.25) is 0 Å². The van der Waals surface area contributed by atoms with Crippen LogP contribution in [0.15, 0.2) is 60.9 Å². The average Bonchev–Trinajstić information content (AvgIpc) is 3.52. The third-order valence-corrected chi connectivity index (χ3v) is 8.53. The normalized spacial score (nSPS) is 21.1. The van der Waals surface area contributed by atoms with Crippen LogP contribution >= 0.6 is 0 Å². The Kier molecular flexibility index (Phi) is 6.65. The van der Waals surface area contributed by atoms with Gasteiger partial charge in [0.1, 0.15) is 28.5 Å². The lowest BCUT2D eigenvalue weighted by Gasteiger charge is -2.28. The Labute approximate surface area is 229 Å². The summed E-state index contributed by atoms with van der Waals surface area (Å²) in [5, 5.41) is 21.3. The van der Waals surface area contributed by atoms with E-state index in [1.165, 1.54) is 19.1 Å². The first-order chi connectivity index (χ1) is 18.8. The van der Waals surface area contributed by atoms with Gasteiger partial charge in [-0.1, -0.05) is 50.2 Å². The third-order valence-electron chi connectivity index (χ3n) is 8.53. The Hall–Kier alpha value is -3.92. The van der Waals surface area contributed by atoms with Gasteiger partial charge in [0.15, 0.2) is 0 Å². The van der Waals surface area contributed by atoms with Gasteiger partial charge in [-0.2, -0.15) is 13.2 Å². The molecule has 0 spiro atoms. The molecule has 2 aromatic heterocycles. The minimum absolute atomic E-state index is 0.0374. The zero-order valence-electron chi connectivity index (χ0n) is 22.4. The highest BCUT2D eigenvalue weighted by atomic mass is 19.4. The van der Waals surface area contributed by atoms with Crippen LogP contribution < -0.4 is 5.73 Å². The van der Waals surface area contributed by atoms with Crippen molar-refractivity contribution < 1.29 is 28.2 Å². The topological polar surface area (TPSA) is 114 Å². The van der Waals surface area contributed by atoms with Crippen LogP contribution in [0.4, 0.5) is 19.0 Å². The molecule has 5 rings (SSSR count). The van der Waals surface area contributed by atoms with Gasteiger partial charge in [-0.3, -0.25) is 9.20 Å². The van der Waals surface area contributed by atoms with Gasteiger partial charge in [0, 0.05) is 23.9 Å². The first kappa shape index (κ1) is 27.6. The number of alkyl halides is 3. The Bertz CT molecular complexity index is 1580. The molecule has 2 aromatic carbocycles. The van der Waals surface area contributed by atoms with Crippen LogP contribution in [0.5, 0.6) is 0 Å². The highest BCUT2D eigenvalue weighted by Crippen LogP contribution is 2.51. The molecule has 0 radical (unpaired) electrons. The first-order valence-corrected chi connectivity index (χ1v) is 13.1. The van der Waals surface area contributed by atoms with Crippen LogP contribution in [-0.4, -0.2) is 30.6 Å². The lowest BCUT2D eigenvalue weighted by molar-refractivity contribution is -0.151. The van der Waals surface area contributed by atoms with E-state index < -0.39 is 28.7 Å². The number of halogens is 3. The van der Waals surface area contributed by atoms with Crippen molar-refractivity contribution in [2.45, 2.75) is 57.7 Å². The molecule has 1 aliphatic carbocycles. The molecule has 0 bridgehead atoms. The lowest BCUT2D eigenvalue weighted by Crippen LogP contribution is -2.33. The largest absolute Gasteiger partial charge is 0.481 e. The molecule has 40 heavy (non-hydrogen) atoms. The number of aromatic nitrogens is 3. The van der Waals surface area contributed by atoms with Gasteiger partial charge in [0.2, 0.25) is 0 Å². The molecule has 0 amide bonds. The van der Waals surface area contributed by atoms with Gasteiger partial charge in [-0.15, -0.1) is 0 Å². The molecule has 4 aromatic rings. The molecule has 0 aliphatic heterocycles. The number of carboxylic acid groups (broad SMARTS) is 1. The van der Waals surface area contributed by atoms with Crippen LogP contribution in [0.3, 0.4) is 0 Å². The summed E-state index contributed by atoms with van der Waals surface area (Å²) in [6.07, 6.45) is 0.496. The number of carboxylic acids is 1. The fraction of sp³-hybridized carbons (Fsp3) is 0.367.